The van der Waals surface area contributed by atoms with Crippen molar-refractivity contribution in [2.24, 2.45) is 0 Å². The molecule has 0 aromatic heterocycles. The normalized spacial score (nSPS) is 11.6. The second-order valence-electron chi connectivity index (χ2n) is 17.3. The first kappa shape index (κ1) is 106. The topological polar surface area (TPSA) is 578 Å². The average Bonchev–Trinajstić information content (AvgIpc) is 0.789. The zero-order valence-electron chi connectivity index (χ0n) is 53.3. The van der Waals surface area contributed by atoms with Gasteiger partial charge in [0, 0.05) is 96.2 Å². The Morgan fingerprint density at radius 2 is 0.413 bits per heavy atom. The third-order valence-electron chi connectivity index (χ3n) is 8.60. The van der Waals surface area contributed by atoms with Crippen molar-refractivity contribution >= 4 is 90.5 Å². The second kappa shape index (κ2) is 56.5. The van der Waals surface area contributed by atoms with E-state index in [9.17, 15) is 0 Å². The first-order chi connectivity index (χ1) is 49.5. The number of terminal acetylenes is 2. The first-order valence-electron chi connectivity index (χ1n) is 27.2. The monoisotopic (exact) mass is 1670 g/mol. The molecule has 24 N–H and O–H groups in total. The molecule has 0 radical (unpaired) electrons. The van der Waals surface area contributed by atoms with Crippen LogP contribution in [0.5, 0.6) is 0 Å². The molecule has 572 valence electrons. The molecule has 0 spiro atoms. The Kier molecular flexibility index (Phi) is 54.7. The molecule has 0 saturated carbocycles. The minimum absolute atomic E-state index is 0. The molecular weight excluding hydrogens is 1610 g/mol. The SMILES string of the molecule is C.C.C.C#CC#CC#CC#CC#CC#CC#CC#CC#CC#CC#CC#CC#CC#CC#CC#CC#C.O[Si](O)(O)O.O[Si](O)(O)O[Si](O)(O)O.O[Si](O)(O)O[Si](O)(O)O[Si](O)(O)O.O[Si]1(O)O[Si](O)(O)O[Si](O)(O)O1.[HH].c1ccc(CO[Si](OCc2ccccc2)(OCc2ccccc2)OCc2ccccc2)cc1. The molecule has 0 atom stereocenters. The van der Waals surface area contributed by atoms with Crippen LogP contribution in [0.2, 0.25) is 0 Å². The van der Waals surface area contributed by atoms with Crippen LogP contribution in [0, 0.1) is 202 Å². The van der Waals surface area contributed by atoms with Gasteiger partial charge in [0.25, 0.3) is 0 Å². The van der Waals surface area contributed by atoms with Crippen LogP contribution in [-0.4, -0.2) is 206 Å². The Labute approximate surface area is 640 Å². The summed E-state index contributed by atoms with van der Waals surface area (Å²) in [4.78, 5) is 195. The van der Waals surface area contributed by atoms with E-state index in [0.29, 0.717) is 26.4 Å². The van der Waals surface area contributed by atoms with Crippen LogP contribution in [-0.2, 0) is 68.8 Å². The number of rotatable bonds is 18. The lowest BCUT2D eigenvalue weighted by molar-refractivity contribution is -0.0525. The molecular formula is C65H68O34Si10. The van der Waals surface area contributed by atoms with Crippen LogP contribution in [0.3, 0.4) is 0 Å². The summed E-state index contributed by atoms with van der Waals surface area (Å²) in [7, 11) is -48.6. The summed E-state index contributed by atoms with van der Waals surface area (Å²) in [6.07, 6.45) is 9.85. The summed E-state index contributed by atoms with van der Waals surface area (Å²) in [5.74, 6) is 78.2. The summed E-state index contributed by atoms with van der Waals surface area (Å²) < 4.78 is 46.7. The second-order valence-corrected chi connectivity index (χ2v) is 34.6. The van der Waals surface area contributed by atoms with Gasteiger partial charge in [0.05, 0.1) is 26.4 Å². The predicted molar refractivity (Wildman–Crippen MR) is 399 cm³/mol. The van der Waals surface area contributed by atoms with E-state index in [4.69, 9.17) is 146 Å². The highest BCUT2D eigenvalue weighted by molar-refractivity contribution is 6.80. The van der Waals surface area contributed by atoms with Crippen LogP contribution < -0.4 is 0 Å². The van der Waals surface area contributed by atoms with Gasteiger partial charge in [0.2, 0.25) is 0 Å². The largest absolute Gasteiger partial charge is 0.680 e. The summed E-state index contributed by atoms with van der Waals surface area (Å²) in [5, 5.41) is 0. The minimum atomic E-state index is -5.35. The van der Waals surface area contributed by atoms with Crippen molar-refractivity contribution in [1.82, 2.24) is 0 Å². The summed E-state index contributed by atoms with van der Waals surface area (Å²) >= 11 is 0. The highest BCUT2D eigenvalue weighted by Gasteiger charge is 2.67. The van der Waals surface area contributed by atoms with Gasteiger partial charge >= 0.3 is 90.5 Å². The van der Waals surface area contributed by atoms with Gasteiger partial charge in [-0.3, -0.25) is 0 Å². The van der Waals surface area contributed by atoms with E-state index in [0.717, 1.165) is 22.3 Å². The Morgan fingerprint density at radius 3 is 0.541 bits per heavy atom. The van der Waals surface area contributed by atoms with E-state index in [1.165, 1.54) is 0 Å². The van der Waals surface area contributed by atoms with Crippen LogP contribution in [0.4, 0.5) is 0 Å². The van der Waals surface area contributed by atoms with Crippen LogP contribution in [0.15, 0.2) is 121 Å². The molecule has 34 nitrogen and oxygen atoms in total. The number of hydrogen-bond donors (Lipinski definition) is 24. The fourth-order valence-electron chi connectivity index (χ4n) is 5.32. The first-order valence-corrected chi connectivity index (χ1v) is 44.4. The van der Waals surface area contributed by atoms with Crippen molar-refractivity contribution in [3.63, 3.8) is 0 Å². The van der Waals surface area contributed by atoms with E-state index < -0.39 is 90.5 Å². The van der Waals surface area contributed by atoms with Gasteiger partial charge in [-0.2, -0.15) is 0 Å². The Hall–Kier alpha value is -9.79. The lowest BCUT2D eigenvalue weighted by Gasteiger charge is -2.34. The zero-order chi connectivity index (χ0) is 80.0. The summed E-state index contributed by atoms with van der Waals surface area (Å²) in [6.45, 7) is 1.35. The molecule has 0 amide bonds. The van der Waals surface area contributed by atoms with Gasteiger partial charge in [-0.1, -0.05) is 144 Å². The molecule has 1 aliphatic rings. The van der Waals surface area contributed by atoms with Gasteiger partial charge in [0.15, 0.2) is 0 Å². The van der Waals surface area contributed by atoms with E-state index in [1.54, 1.807) is 0 Å². The molecule has 5 rings (SSSR count). The van der Waals surface area contributed by atoms with E-state index in [-0.39, 0.29) is 23.7 Å². The van der Waals surface area contributed by atoms with Gasteiger partial charge in [-0.05, 0) is 117 Å². The molecule has 0 bridgehead atoms. The predicted octanol–water partition coefficient (Wildman–Crippen LogP) is -8.46. The Bertz CT molecular complexity index is 4190. The molecule has 4 aromatic rings. The maximum absolute atomic E-state index is 8.65. The van der Waals surface area contributed by atoms with Gasteiger partial charge in [-0.25, -0.2) is 0 Å². The molecule has 1 saturated heterocycles. The van der Waals surface area contributed by atoms with Gasteiger partial charge < -0.3 is 157 Å². The maximum atomic E-state index is 8.65. The molecule has 1 heterocycles. The van der Waals surface area contributed by atoms with Crippen LogP contribution >= 0.6 is 0 Å². The standard InChI is InChI=1S/C34H2.C28H28O4Si.3CH4.H8O10Si3.H6O9Si3.H6O7Si2.H4O4Si.H2/c1-3-5-7-9-11-13-15-17-19-21-23-25-27-29-31-33-34-32-30-28-26-24-22-20-18-16-14-12-10-8-6-4-2;1-5-13-25(14-6-1)21-29-33(30-22-26-15-7-2-8-16-26,31-23-27-17-9-3-10-18-27)32-24-28-19-11-4-12-20-28;;;;1-11(2,3)9-13(7,8)10-12(4,5)6;1-10(2)7-11(3,4)9-12(5,6)8-10;1-8(2,3)7-9(4,5)6;1-5(2,3)4;/h1-2H;1-20H,21-24H2;3*1H4;1-8H;1-6H;1-6H;1-4H;1H. The van der Waals surface area contributed by atoms with Crippen molar-refractivity contribution in [3.05, 3.63) is 144 Å². The Balaban J connectivity index is -0.000000443. The fourth-order valence-corrected chi connectivity index (χ4v) is 17.8. The molecule has 109 heavy (non-hydrogen) atoms. The van der Waals surface area contributed by atoms with Crippen molar-refractivity contribution in [2.75, 3.05) is 0 Å². The highest BCUT2D eigenvalue weighted by Crippen LogP contribution is 2.23. The van der Waals surface area contributed by atoms with Crippen molar-refractivity contribution in [1.29, 1.82) is 0 Å². The molecule has 1 fully saturated rings. The Morgan fingerprint density at radius 1 is 0.266 bits per heavy atom. The number of benzene rings is 4. The van der Waals surface area contributed by atoms with E-state index in [1.807, 2.05) is 121 Å². The van der Waals surface area contributed by atoms with Crippen LogP contribution in [0.1, 0.15) is 46.0 Å². The van der Waals surface area contributed by atoms with Gasteiger partial charge in [-0.15, -0.1) is 12.8 Å². The molecule has 1 aliphatic heterocycles. The maximum Gasteiger partial charge on any atom is 0.680 e. The summed E-state index contributed by atoms with van der Waals surface area (Å²) in [5.41, 5.74) is 4.13. The van der Waals surface area contributed by atoms with E-state index in [2.05, 4.69) is 214 Å². The lowest BCUT2D eigenvalue weighted by atomic mass is 10.2. The van der Waals surface area contributed by atoms with Crippen LogP contribution in [0.25, 0.3) is 0 Å². The molecule has 44 heteroatoms. The van der Waals surface area contributed by atoms with Crippen molar-refractivity contribution < 1.29 is 159 Å². The van der Waals surface area contributed by atoms with Gasteiger partial charge in [0.1, 0.15) is 0 Å². The van der Waals surface area contributed by atoms with Crippen molar-refractivity contribution in [2.45, 2.75) is 48.7 Å². The third-order valence-corrected chi connectivity index (χ3v) is 23.5. The van der Waals surface area contributed by atoms with E-state index >= 15 is 0 Å². The third kappa shape index (κ3) is 70.9. The quantitative estimate of drug-likeness (QED) is 0.0325. The smallest absolute Gasteiger partial charge is 0.368 e. The molecule has 4 aromatic carbocycles. The lowest BCUT2D eigenvalue weighted by Crippen LogP contribution is -2.71. The molecule has 0 aliphatic carbocycles. The number of hydrogen-bond acceptors (Lipinski definition) is 34. The molecule has 0 unspecified atom stereocenters. The highest BCUT2D eigenvalue weighted by atomic mass is 28.6. The average molecular weight is 1670 g/mol. The zero-order valence-corrected chi connectivity index (χ0v) is 63.3. The fraction of sp³-hybridized carbons (Fsp3) is 0.108. The minimum Gasteiger partial charge on any atom is -0.368 e. The van der Waals surface area contributed by atoms with Crippen molar-refractivity contribution in [3.8, 4) is 202 Å². The summed E-state index contributed by atoms with van der Waals surface area (Å²) in [6, 6.07) is 40.0.